The molecule has 1 aromatic carbocycles. The van der Waals surface area contributed by atoms with Gasteiger partial charge in [0.25, 0.3) is 0 Å². The van der Waals surface area contributed by atoms with Gasteiger partial charge in [0, 0.05) is 5.69 Å². The predicted octanol–water partition coefficient (Wildman–Crippen LogP) is 2.11. The van der Waals surface area contributed by atoms with Crippen LogP contribution in [-0.2, 0) is 9.59 Å². The van der Waals surface area contributed by atoms with E-state index in [2.05, 4.69) is 5.32 Å². The van der Waals surface area contributed by atoms with Crippen LogP contribution < -0.4 is 15.0 Å². The zero-order valence-corrected chi connectivity index (χ0v) is 12.8. The average Bonchev–Trinajstić information content (AvgIpc) is 2.47. The van der Waals surface area contributed by atoms with Gasteiger partial charge in [-0.3, -0.25) is 14.5 Å². The number of benzene rings is 1. The van der Waals surface area contributed by atoms with Crippen LogP contribution in [-0.4, -0.2) is 30.5 Å². The second kappa shape index (κ2) is 6.61. The van der Waals surface area contributed by atoms with E-state index in [1.54, 1.807) is 11.8 Å². The second-order valence-corrected chi connectivity index (χ2v) is 5.16. The Kier molecular flexibility index (Phi) is 4.83. The summed E-state index contributed by atoms with van der Waals surface area (Å²) in [5.41, 5.74) is 0.729. The van der Waals surface area contributed by atoms with E-state index in [0.29, 0.717) is 13.0 Å². The first kappa shape index (κ1) is 15.4. The summed E-state index contributed by atoms with van der Waals surface area (Å²) in [5.74, 6) is 0.600. The van der Waals surface area contributed by atoms with Crippen LogP contribution in [0.15, 0.2) is 24.3 Å². The summed E-state index contributed by atoms with van der Waals surface area (Å²) in [6.45, 7) is 6.26. The highest BCUT2D eigenvalue weighted by molar-refractivity contribution is 6.08. The zero-order chi connectivity index (χ0) is 15.4. The van der Waals surface area contributed by atoms with Crippen LogP contribution in [0.3, 0.4) is 0 Å². The molecule has 1 aliphatic heterocycles. The van der Waals surface area contributed by atoms with Crippen LogP contribution in [0.1, 0.15) is 33.6 Å². The van der Waals surface area contributed by atoms with Gasteiger partial charge in [-0.05, 0) is 44.5 Å². The number of hydrogen-bond donors (Lipinski definition) is 1. The summed E-state index contributed by atoms with van der Waals surface area (Å²) >= 11 is 0. The first-order chi connectivity index (χ1) is 10.1. The van der Waals surface area contributed by atoms with Gasteiger partial charge in [-0.1, -0.05) is 13.3 Å². The van der Waals surface area contributed by atoms with E-state index in [-0.39, 0.29) is 11.8 Å². The number of ether oxygens (including phenoxy) is 1. The van der Waals surface area contributed by atoms with E-state index in [9.17, 15) is 9.59 Å². The van der Waals surface area contributed by atoms with Crippen LogP contribution in [0.2, 0.25) is 0 Å². The van der Waals surface area contributed by atoms with Gasteiger partial charge < -0.3 is 10.1 Å². The van der Waals surface area contributed by atoms with Crippen LogP contribution >= 0.6 is 0 Å². The molecule has 0 bridgehead atoms. The maximum Gasteiger partial charge on any atom is 0.250 e. The Balaban J connectivity index is 2.25. The van der Waals surface area contributed by atoms with Crippen molar-refractivity contribution in [1.29, 1.82) is 0 Å². The molecular weight excluding hydrogens is 268 g/mol. The second-order valence-electron chi connectivity index (χ2n) is 5.16. The number of piperazine rings is 1. The summed E-state index contributed by atoms with van der Waals surface area (Å²) in [6.07, 6.45) is 1.51. The summed E-state index contributed by atoms with van der Waals surface area (Å²) in [4.78, 5) is 26.2. The van der Waals surface area contributed by atoms with E-state index < -0.39 is 12.1 Å². The topological polar surface area (TPSA) is 58.6 Å². The molecule has 1 heterocycles. The molecular formula is C16H22N2O3. The molecule has 21 heavy (non-hydrogen) atoms. The SMILES string of the molecule is CCCC1NC(=O)C(C)N(c2ccc(OCC)cc2)C1=O. The molecule has 2 rings (SSSR count). The number of amides is 2. The lowest BCUT2D eigenvalue weighted by Crippen LogP contribution is -2.62. The highest BCUT2D eigenvalue weighted by Gasteiger charge is 2.38. The largest absolute Gasteiger partial charge is 0.494 e. The molecule has 0 spiro atoms. The Hall–Kier alpha value is -2.04. The van der Waals surface area contributed by atoms with Gasteiger partial charge >= 0.3 is 0 Å². The van der Waals surface area contributed by atoms with Crippen LogP contribution in [0.25, 0.3) is 0 Å². The molecule has 114 valence electrons. The quantitative estimate of drug-likeness (QED) is 0.903. The van der Waals surface area contributed by atoms with Crippen molar-refractivity contribution < 1.29 is 14.3 Å². The molecule has 1 saturated heterocycles. The minimum absolute atomic E-state index is 0.0480. The fourth-order valence-corrected chi connectivity index (χ4v) is 2.53. The highest BCUT2D eigenvalue weighted by Crippen LogP contribution is 2.25. The van der Waals surface area contributed by atoms with Gasteiger partial charge in [-0.2, -0.15) is 0 Å². The lowest BCUT2D eigenvalue weighted by Gasteiger charge is -2.37. The molecule has 2 atom stereocenters. The van der Waals surface area contributed by atoms with E-state index in [4.69, 9.17) is 4.74 Å². The van der Waals surface area contributed by atoms with Gasteiger partial charge in [0.2, 0.25) is 11.8 Å². The van der Waals surface area contributed by atoms with Crippen LogP contribution in [0.4, 0.5) is 5.69 Å². The van der Waals surface area contributed by atoms with E-state index in [1.165, 1.54) is 0 Å². The molecule has 0 saturated carbocycles. The van der Waals surface area contributed by atoms with Gasteiger partial charge in [0.05, 0.1) is 6.61 Å². The standard InChI is InChI=1S/C16H22N2O3/c1-4-6-14-16(20)18(11(3)15(19)17-14)12-7-9-13(10-8-12)21-5-2/h7-11,14H,4-6H2,1-3H3,(H,17,19). The Morgan fingerprint density at radius 3 is 2.43 bits per heavy atom. The van der Waals surface area contributed by atoms with Crippen molar-refractivity contribution in [2.24, 2.45) is 0 Å². The summed E-state index contributed by atoms with van der Waals surface area (Å²) in [7, 11) is 0. The zero-order valence-electron chi connectivity index (χ0n) is 12.8. The third kappa shape index (κ3) is 3.17. The number of carbonyl (C=O) groups is 2. The number of carbonyl (C=O) groups excluding carboxylic acids is 2. The van der Waals surface area contributed by atoms with Crippen LogP contribution in [0.5, 0.6) is 5.75 Å². The maximum absolute atomic E-state index is 12.6. The maximum atomic E-state index is 12.6. The Bertz CT molecular complexity index is 513. The first-order valence-corrected chi connectivity index (χ1v) is 7.44. The monoisotopic (exact) mass is 290 g/mol. The Morgan fingerprint density at radius 2 is 1.86 bits per heavy atom. The first-order valence-electron chi connectivity index (χ1n) is 7.44. The third-order valence-electron chi connectivity index (χ3n) is 3.62. The third-order valence-corrected chi connectivity index (χ3v) is 3.62. The van der Waals surface area contributed by atoms with Crippen molar-refractivity contribution in [3.8, 4) is 5.75 Å². The molecule has 5 nitrogen and oxygen atoms in total. The highest BCUT2D eigenvalue weighted by atomic mass is 16.5. The molecule has 0 aromatic heterocycles. The van der Waals surface area contributed by atoms with Crippen LogP contribution in [0, 0.1) is 0 Å². The molecule has 1 aliphatic rings. The molecule has 2 amide bonds. The van der Waals surface area contributed by atoms with Crippen molar-refractivity contribution in [3.63, 3.8) is 0 Å². The van der Waals surface area contributed by atoms with Crippen molar-refractivity contribution in [1.82, 2.24) is 5.32 Å². The average molecular weight is 290 g/mol. The number of rotatable bonds is 5. The molecule has 1 fully saturated rings. The Labute approximate surface area is 125 Å². The fourth-order valence-electron chi connectivity index (χ4n) is 2.53. The van der Waals surface area contributed by atoms with E-state index in [0.717, 1.165) is 17.9 Å². The molecule has 0 aliphatic carbocycles. The molecule has 1 N–H and O–H groups in total. The van der Waals surface area contributed by atoms with E-state index in [1.807, 2.05) is 38.1 Å². The normalized spacial score (nSPS) is 22.1. The number of anilines is 1. The number of nitrogens with one attached hydrogen (secondary N) is 1. The molecule has 5 heteroatoms. The lowest BCUT2D eigenvalue weighted by atomic mass is 10.0. The van der Waals surface area contributed by atoms with Crippen molar-refractivity contribution in [2.45, 2.75) is 45.7 Å². The minimum Gasteiger partial charge on any atom is -0.494 e. The van der Waals surface area contributed by atoms with Gasteiger partial charge in [-0.25, -0.2) is 0 Å². The molecule has 2 unspecified atom stereocenters. The van der Waals surface area contributed by atoms with Gasteiger partial charge in [0.15, 0.2) is 0 Å². The van der Waals surface area contributed by atoms with Crippen molar-refractivity contribution in [3.05, 3.63) is 24.3 Å². The lowest BCUT2D eigenvalue weighted by molar-refractivity contribution is -0.133. The molecule has 0 radical (unpaired) electrons. The van der Waals surface area contributed by atoms with Crippen molar-refractivity contribution >= 4 is 17.5 Å². The fraction of sp³-hybridized carbons (Fsp3) is 0.500. The number of hydrogen-bond acceptors (Lipinski definition) is 3. The summed E-state index contributed by atoms with van der Waals surface area (Å²) in [6, 6.07) is 6.36. The van der Waals surface area contributed by atoms with Gasteiger partial charge in [0.1, 0.15) is 17.8 Å². The molecule has 1 aromatic rings. The van der Waals surface area contributed by atoms with Crippen molar-refractivity contribution in [2.75, 3.05) is 11.5 Å². The summed E-state index contributed by atoms with van der Waals surface area (Å²) < 4.78 is 5.40. The van der Waals surface area contributed by atoms with Gasteiger partial charge in [-0.15, -0.1) is 0 Å². The summed E-state index contributed by atoms with van der Waals surface area (Å²) in [5, 5.41) is 2.79. The predicted molar refractivity (Wildman–Crippen MR) is 81.4 cm³/mol. The van der Waals surface area contributed by atoms with E-state index >= 15 is 0 Å². The minimum atomic E-state index is -0.497. The Morgan fingerprint density at radius 1 is 1.19 bits per heavy atom. The number of nitrogens with zero attached hydrogens (tertiary/aromatic N) is 1. The smallest absolute Gasteiger partial charge is 0.250 e.